The van der Waals surface area contributed by atoms with Crippen LogP contribution in [0.5, 0.6) is 0 Å². The number of fused-ring (bicyclic) bond motifs is 1. The first-order valence-electron chi connectivity index (χ1n) is 5.81. The summed E-state index contributed by atoms with van der Waals surface area (Å²) in [5.41, 5.74) is 9.17. The van der Waals surface area contributed by atoms with Gasteiger partial charge in [-0.3, -0.25) is 9.78 Å². The van der Waals surface area contributed by atoms with Crippen LogP contribution in [0, 0.1) is 0 Å². The second-order valence-corrected chi connectivity index (χ2v) is 4.40. The van der Waals surface area contributed by atoms with Gasteiger partial charge in [-0.2, -0.15) is 0 Å². The number of rotatable bonds is 2. The molecule has 1 amide bonds. The van der Waals surface area contributed by atoms with E-state index in [1.165, 1.54) is 0 Å². The summed E-state index contributed by atoms with van der Waals surface area (Å²) in [4.78, 5) is 18.0. The number of hydrogen-bond acceptors (Lipinski definition) is 3. The minimum Gasteiger partial charge on any atom is -0.398 e. The Morgan fingerprint density at radius 2 is 2.00 bits per heavy atom. The van der Waals surface area contributed by atoms with E-state index < -0.39 is 0 Å². The van der Waals surface area contributed by atoms with E-state index in [9.17, 15) is 4.79 Å². The Morgan fingerprint density at radius 1 is 1.22 bits per heavy atom. The highest BCUT2D eigenvalue weighted by Gasteiger charge is 2.28. The molecule has 2 aromatic rings. The second kappa shape index (κ2) is 4.14. The van der Waals surface area contributed by atoms with Crippen LogP contribution in [-0.4, -0.2) is 15.8 Å². The summed E-state index contributed by atoms with van der Waals surface area (Å²) >= 11 is 0. The number of pyridine rings is 1. The van der Waals surface area contributed by atoms with Crippen molar-refractivity contribution in [3.63, 3.8) is 0 Å². The molecule has 0 atom stereocenters. The summed E-state index contributed by atoms with van der Waals surface area (Å²) in [5, 5.41) is 0. The molecule has 4 heteroatoms. The summed E-state index contributed by atoms with van der Waals surface area (Å²) in [5.74, 6) is 0.0138. The van der Waals surface area contributed by atoms with Crippen LogP contribution in [0.15, 0.2) is 42.7 Å². The van der Waals surface area contributed by atoms with Gasteiger partial charge in [0, 0.05) is 31.2 Å². The third-order valence-electron chi connectivity index (χ3n) is 3.17. The van der Waals surface area contributed by atoms with Crippen molar-refractivity contribution < 1.29 is 4.79 Å². The Hall–Kier alpha value is -2.36. The molecule has 1 aromatic heterocycles. The molecule has 0 saturated carbocycles. The first kappa shape index (κ1) is 10.8. The third-order valence-corrected chi connectivity index (χ3v) is 3.17. The molecule has 2 heterocycles. The first-order valence-corrected chi connectivity index (χ1v) is 5.81. The second-order valence-electron chi connectivity index (χ2n) is 4.40. The van der Waals surface area contributed by atoms with Crippen LogP contribution in [0.3, 0.4) is 0 Å². The summed E-state index contributed by atoms with van der Waals surface area (Å²) in [6.07, 6.45) is 3.47. The quantitative estimate of drug-likeness (QED) is 0.813. The molecule has 0 saturated heterocycles. The lowest BCUT2D eigenvalue weighted by atomic mass is 10.1. The molecular weight excluding hydrogens is 226 g/mol. The van der Waals surface area contributed by atoms with Gasteiger partial charge in [0.15, 0.2) is 0 Å². The van der Waals surface area contributed by atoms with Gasteiger partial charge in [-0.05, 0) is 29.3 Å². The minimum atomic E-state index is 0.0138. The van der Waals surface area contributed by atoms with Crippen LogP contribution < -0.4 is 5.73 Å². The molecule has 1 aliphatic rings. The average molecular weight is 239 g/mol. The molecule has 0 bridgehead atoms. The Morgan fingerprint density at radius 3 is 2.72 bits per heavy atom. The van der Waals surface area contributed by atoms with Crippen molar-refractivity contribution in [2.24, 2.45) is 0 Å². The number of carbonyl (C=O) groups is 1. The third kappa shape index (κ3) is 1.72. The smallest absolute Gasteiger partial charge is 0.256 e. The first-order chi connectivity index (χ1) is 8.75. The predicted molar refractivity (Wildman–Crippen MR) is 68.7 cm³/mol. The number of anilines is 1. The van der Waals surface area contributed by atoms with Crippen molar-refractivity contribution in [3.05, 3.63) is 59.4 Å². The molecule has 0 fully saturated rings. The van der Waals surface area contributed by atoms with Gasteiger partial charge in [0.05, 0.1) is 5.56 Å². The molecule has 0 unspecified atom stereocenters. The molecule has 0 spiro atoms. The molecule has 1 aliphatic heterocycles. The van der Waals surface area contributed by atoms with E-state index in [-0.39, 0.29) is 5.91 Å². The predicted octanol–water partition coefficient (Wildman–Crippen LogP) is 1.82. The lowest BCUT2D eigenvalue weighted by Gasteiger charge is -2.15. The fourth-order valence-electron chi connectivity index (χ4n) is 2.28. The van der Waals surface area contributed by atoms with Gasteiger partial charge in [0.1, 0.15) is 0 Å². The zero-order valence-corrected chi connectivity index (χ0v) is 9.84. The summed E-state index contributed by atoms with van der Waals surface area (Å²) in [7, 11) is 0. The number of nitrogen functional groups attached to an aromatic ring is 1. The van der Waals surface area contributed by atoms with Gasteiger partial charge in [0.2, 0.25) is 0 Å². The summed E-state index contributed by atoms with van der Waals surface area (Å²) in [6, 6.07) is 9.44. The van der Waals surface area contributed by atoms with Gasteiger partial charge in [-0.25, -0.2) is 0 Å². The zero-order valence-electron chi connectivity index (χ0n) is 9.84. The average Bonchev–Trinajstić information content (AvgIpc) is 2.69. The highest BCUT2D eigenvalue weighted by Crippen LogP contribution is 2.28. The van der Waals surface area contributed by atoms with Crippen LogP contribution >= 0.6 is 0 Å². The van der Waals surface area contributed by atoms with Crippen molar-refractivity contribution >= 4 is 11.6 Å². The molecule has 90 valence electrons. The molecular formula is C14H13N3O. The zero-order chi connectivity index (χ0) is 12.5. The normalized spacial score (nSPS) is 13.8. The van der Waals surface area contributed by atoms with E-state index in [2.05, 4.69) is 4.98 Å². The van der Waals surface area contributed by atoms with Gasteiger partial charge < -0.3 is 10.6 Å². The molecule has 0 radical (unpaired) electrons. The fourth-order valence-corrected chi connectivity index (χ4v) is 2.28. The van der Waals surface area contributed by atoms with Gasteiger partial charge in [-0.1, -0.05) is 12.1 Å². The van der Waals surface area contributed by atoms with Crippen LogP contribution in [0.2, 0.25) is 0 Å². The monoisotopic (exact) mass is 239 g/mol. The number of aromatic nitrogens is 1. The number of hydrogen-bond donors (Lipinski definition) is 1. The van der Waals surface area contributed by atoms with Crippen molar-refractivity contribution in [1.82, 2.24) is 9.88 Å². The topological polar surface area (TPSA) is 59.2 Å². The van der Waals surface area contributed by atoms with E-state index in [0.717, 1.165) is 11.1 Å². The standard InChI is InChI=1S/C14H13N3O/c15-12-3-1-2-11-9-17(14(18)13(11)12)8-10-4-6-16-7-5-10/h1-7H,8-9,15H2. The van der Waals surface area contributed by atoms with Gasteiger partial charge >= 0.3 is 0 Å². The minimum absolute atomic E-state index is 0.0138. The maximum absolute atomic E-state index is 12.3. The number of carbonyl (C=O) groups excluding carboxylic acids is 1. The number of benzene rings is 1. The Labute approximate surface area is 105 Å². The Kier molecular flexibility index (Phi) is 2.48. The molecule has 0 aliphatic carbocycles. The number of nitrogens with two attached hydrogens (primary N) is 1. The van der Waals surface area contributed by atoms with Crippen LogP contribution in [0.1, 0.15) is 21.5 Å². The van der Waals surface area contributed by atoms with E-state index in [1.54, 1.807) is 23.4 Å². The molecule has 4 nitrogen and oxygen atoms in total. The molecule has 3 rings (SSSR count). The maximum Gasteiger partial charge on any atom is 0.256 e. The van der Waals surface area contributed by atoms with Gasteiger partial charge in [0.25, 0.3) is 5.91 Å². The van der Waals surface area contributed by atoms with E-state index in [4.69, 9.17) is 5.73 Å². The molecule has 18 heavy (non-hydrogen) atoms. The lowest BCUT2D eigenvalue weighted by Crippen LogP contribution is -2.23. The Balaban J connectivity index is 1.87. The van der Waals surface area contributed by atoms with Gasteiger partial charge in [-0.15, -0.1) is 0 Å². The SMILES string of the molecule is Nc1cccc2c1C(=O)N(Cc1ccncc1)C2. The summed E-state index contributed by atoms with van der Waals surface area (Å²) in [6.45, 7) is 1.22. The van der Waals surface area contributed by atoms with Crippen LogP contribution in [0.4, 0.5) is 5.69 Å². The van der Waals surface area contributed by atoms with E-state index in [1.807, 2.05) is 24.3 Å². The maximum atomic E-state index is 12.3. The number of amides is 1. The summed E-state index contributed by atoms with van der Waals surface area (Å²) < 4.78 is 0. The number of nitrogens with zero attached hydrogens (tertiary/aromatic N) is 2. The molecule has 1 aromatic carbocycles. The van der Waals surface area contributed by atoms with E-state index >= 15 is 0 Å². The van der Waals surface area contributed by atoms with E-state index in [0.29, 0.717) is 24.3 Å². The van der Waals surface area contributed by atoms with Crippen molar-refractivity contribution in [3.8, 4) is 0 Å². The van der Waals surface area contributed by atoms with Crippen LogP contribution in [0.25, 0.3) is 0 Å². The highest BCUT2D eigenvalue weighted by molar-refractivity contribution is 6.02. The van der Waals surface area contributed by atoms with Crippen molar-refractivity contribution in [2.75, 3.05) is 5.73 Å². The van der Waals surface area contributed by atoms with Crippen molar-refractivity contribution in [2.45, 2.75) is 13.1 Å². The highest BCUT2D eigenvalue weighted by atomic mass is 16.2. The largest absolute Gasteiger partial charge is 0.398 e. The molecule has 2 N–H and O–H groups in total. The van der Waals surface area contributed by atoms with Crippen molar-refractivity contribution in [1.29, 1.82) is 0 Å². The lowest BCUT2D eigenvalue weighted by molar-refractivity contribution is 0.0767. The Bertz CT molecular complexity index is 595. The fraction of sp³-hybridized carbons (Fsp3) is 0.143. The van der Waals surface area contributed by atoms with Crippen LogP contribution in [-0.2, 0) is 13.1 Å².